The zero-order valence-electron chi connectivity index (χ0n) is 46.6. The maximum absolute atomic E-state index is 6.17. The van der Waals surface area contributed by atoms with Gasteiger partial charge in [-0.2, -0.15) is 0 Å². The van der Waals surface area contributed by atoms with Gasteiger partial charge in [-0.05, 0) is 97.1 Å². The second-order valence-electron chi connectivity index (χ2n) is 22.2. The van der Waals surface area contributed by atoms with Crippen LogP contribution in [-0.4, -0.2) is 23.3 Å². The van der Waals surface area contributed by atoms with Crippen molar-refractivity contribution in [2.75, 3.05) is 0 Å². The van der Waals surface area contributed by atoms with Gasteiger partial charge in [-0.1, -0.05) is 153 Å². The van der Waals surface area contributed by atoms with Gasteiger partial charge in [0.1, 0.15) is 22.3 Å². The minimum Gasteiger partial charge on any atom is -0.456 e. The van der Waals surface area contributed by atoms with Gasteiger partial charge in [0.05, 0.1) is 10.9 Å². The normalized spacial score (nSPS) is 11.9. The number of hydrogen-bond acceptors (Lipinski definition) is 3. The van der Waals surface area contributed by atoms with Crippen LogP contribution in [0.5, 0.6) is 0 Å². The quantitative estimate of drug-likeness (QED) is 0.164. The minimum atomic E-state index is 0. The molecule has 85 heavy (non-hydrogen) atoms. The Kier molecular flexibility index (Phi) is 11.4. The Morgan fingerprint density at radius 2 is 0.741 bits per heavy atom. The Labute approximate surface area is 491 Å². The predicted octanol–water partition coefficient (Wildman–Crippen LogP) is 21.8. The molecule has 20 aromatic rings. The van der Waals surface area contributed by atoms with Crippen molar-refractivity contribution in [3.63, 3.8) is 0 Å². The summed E-state index contributed by atoms with van der Waals surface area (Å²) in [6.45, 7) is 0. The smallest absolute Gasteiger partial charge is 0.145 e. The fraction of sp³-hybridized carbons (Fsp3) is 0.0649. The number of H-pyrrole nitrogens is 1. The SMILES string of the molecule is C.Cn1c2ccccc2c2c3c(ccc21)oc1ccccc13.Cn1c2ccccc2c2c3c(ccc21)sc1ccccc13.Cn1c2ccccc2c2c3oc4ccccc4c3ccc21.Cn1c2ccccc2c2cc3[nH]c4ccccc4c3cc21. The number of para-hydroxylation sites is 7. The van der Waals surface area contributed by atoms with Gasteiger partial charge in [0.25, 0.3) is 0 Å². The van der Waals surface area contributed by atoms with Crippen LogP contribution in [0.2, 0.25) is 0 Å². The monoisotopic (exact) mass is 1120 g/mol. The van der Waals surface area contributed by atoms with Crippen LogP contribution < -0.4 is 0 Å². The van der Waals surface area contributed by atoms with Gasteiger partial charge < -0.3 is 32.1 Å². The largest absolute Gasteiger partial charge is 0.456 e. The number of nitrogens with one attached hydrogen (secondary N) is 1. The Morgan fingerprint density at radius 1 is 0.271 bits per heavy atom. The lowest BCUT2D eigenvalue weighted by Crippen LogP contribution is -1.85. The van der Waals surface area contributed by atoms with Crippen LogP contribution in [0.25, 0.3) is 173 Å². The minimum absolute atomic E-state index is 0. The molecule has 0 aliphatic heterocycles. The third-order valence-electron chi connectivity index (χ3n) is 17.8. The second-order valence-corrected chi connectivity index (χ2v) is 23.3. The lowest BCUT2D eigenvalue weighted by atomic mass is 10.1. The van der Waals surface area contributed by atoms with E-state index in [1.54, 1.807) is 0 Å². The van der Waals surface area contributed by atoms with E-state index in [2.05, 4.69) is 270 Å². The highest BCUT2D eigenvalue weighted by Gasteiger charge is 2.19. The molecule has 8 heteroatoms. The summed E-state index contributed by atoms with van der Waals surface area (Å²) in [7, 11) is 8.54. The molecule has 7 nitrogen and oxygen atoms in total. The first kappa shape index (κ1) is 50.2. The average molecular weight is 1120 g/mol. The Bertz CT molecular complexity index is 5870. The van der Waals surface area contributed by atoms with Crippen molar-refractivity contribution in [3.05, 3.63) is 243 Å². The number of hydrogen-bond donors (Lipinski definition) is 1. The van der Waals surface area contributed by atoms with E-state index in [4.69, 9.17) is 8.83 Å². The zero-order chi connectivity index (χ0) is 55.9. The molecule has 0 aliphatic carbocycles. The molecule has 0 amide bonds. The summed E-state index contributed by atoms with van der Waals surface area (Å²) in [5, 5.41) is 20.6. The predicted molar refractivity (Wildman–Crippen MR) is 365 cm³/mol. The van der Waals surface area contributed by atoms with E-state index in [1.165, 1.54) is 151 Å². The number of aryl methyl sites for hydroxylation is 4. The highest BCUT2D eigenvalue weighted by molar-refractivity contribution is 7.26. The van der Waals surface area contributed by atoms with Crippen molar-refractivity contribution in [2.45, 2.75) is 7.43 Å². The van der Waals surface area contributed by atoms with E-state index in [1.807, 2.05) is 35.6 Å². The van der Waals surface area contributed by atoms with Crippen LogP contribution in [0.15, 0.2) is 251 Å². The van der Waals surface area contributed by atoms with Crippen LogP contribution in [-0.2, 0) is 28.2 Å². The Balaban J connectivity index is 0.0000000919. The molecule has 0 atom stereocenters. The van der Waals surface area contributed by atoms with E-state index in [0.29, 0.717) is 0 Å². The van der Waals surface area contributed by atoms with Crippen molar-refractivity contribution in [3.8, 4) is 0 Å². The van der Waals surface area contributed by atoms with Crippen LogP contribution in [0.3, 0.4) is 0 Å². The molecule has 1 N–H and O–H groups in total. The Morgan fingerprint density at radius 3 is 1.41 bits per heavy atom. The summed E-state index contributed by atoms with van der Waals surface area (Å²) in [5.41, 5.74) is 16.4. The summed E-state index contributed by atoms with van der Waals surface area (Å²) in [6, 6.07) is 85.8. The summed E-state index contributed by atoms with van der Waals surface area (Å²) in [4.78, 5) is 3.53. The molecule has 12 aromatic carbocycles. The van der Waals surface area contributed by atoms with Crippen molar-refractivity contribution >= 4 is 184 Å². The van der Waals surface area contributed by atoms with Gasteiger partial charge in [0.15, 0.2) is 0 Å². The molecular formula is C77H57N5O2S. The van der Waals surface area contributed by atoms with Gasteiger partial charge in [-0.25, -0.2) is 0 Å². The van der Waals surface area contributed by atoms with Gasteiger partial charge in [-0.3, -0.25) is 0 Å². The van der Waals surface area contributed by atoms with Crippen LogP contribution >= 0.6 is 11.3 Å². The molecule has 8 aromatic heterocycles. The molecule has 20 rings (SSSR count). The van der Waals surface area contributed by atoms with E-state index in [-0.39, 0.29) is 7.43 Å². The molecular weight excluding hydrogens is 1060 g/mol. The lowest BCUT2D eigenvalue weighted by molar-refractivity contribution is 0.669. The maximum atomic E-state index is 6.17. The van der Waals surface area contributed by atoms with E-state index in [0.717, 1.165) is 22.3 Å². The standard InChI is InChI=1S/C19H14N2.2C19H13NO.C19H13NS.CH4/c1-21-18-9-5-3-7-13(18)15-10-17-14(11-19(15)21)12-6-2-4-8-16(12)20-17;1-20-15-8-4-2-7-14(15)18-16(20)11-10-13-12-6-3-5-9-17(12)21-19(13)18;2*1-20-14-8-4-2-6-12(14)18-15(20)10-11-17-19(18)13-7-3-5-9-16(13)21-17;/h2-11,20H,1H3;3*2-11H,1H3;1H4. The molecule has 0 spiro atoms. The highest BCUT2D eigenvalue weighted by atomic mass is 32.1. The van der Waals surface area contributed by atoms with E-state index in [9.17, 15) is 0 Å². The summed E-state index contributed by atoms with van der Waals surface area (Å²) in [5.74, 6) is 0. The number of rotatable bonds is 0. The molecule has 0 radical (unpaired) electrons. The van der Waals surface area contributed by atoms with Gasteiger partial charge in [0, 0.05) is 168 Å². The number of thiophene rings is 1. The summed E-state index contributed by atoms with van der Waals surface area (Å²) < 4.78 is 24.0. The lowest BCUT2D eigenvalue weighted by Gasteiger charge is -1.98. The number of nitrogens with zero attached hydrogens (tertiary/aromatic N) is 4. The van der Waals surface area contributed by atoms with Crippen molar-refractivity contribution in [1.82, 2.24) is 23.3 Å². The first-order valence-electron chi connectivity index (χ1n) is 28.6. The third-order valence-corrected chi connectivity index (χ3v) is 18.9. The third kappa shape index (κ3) is 7.45. The topological polar surface area (TPSA) is 61.8 Å². The first-order valence-corrected chi connectivity index (χ1v) is 29.4. The molecule has 8 heterocycles. The van der Waals surface area contributed by atoms with E-state index < -0.39 is 0 Å². The molecule has 0 unspecified atom stereocenters. The fourth-order valence-electron chi connectivity index (χ4n) is 13.9. The summed E-state index contributed by atoms with van der Waals surface area (Å²) in [6.07, 6.45) is 0. The van der Waals surface area contributed by atoms with Gasteiger partial charge in [0.2, 0.25) is 0 Å². The number of aromatic amines is 1. The van der Waals surface area contributed by atoms with Crippen molar-refractivity contribution in [1.29, 1.82) is 0 Å². The average Bonchev–Trinajstić information content (AvgIpc) is 1.75. The van der Waals surface area contributed by atoms with Crippen LogP contribution in [0.4, 0.5) is 0 Å². The van der Waals surface area contributed by atoms with Crippen molar-refractivity contribution in [2.24, 2.45) is 28.2 Å². The fourth-order valence-corrected chi connectivity index (χ4v) is 15.0. The van der Waals surface area contributed by atoms with Gasteiger partial charge >= 0.3 is 0 Å². The number of furan rings is 2. The molecule has 0 saturated carbocycles. The zero-order valence-corrected chi connectivity index (χ0v) is 47.4. The molecule has 0 bridgehead atoms. The number of fused-ring (bicyclic) bond motifs is 27. The maximum Gasteiger partial charge on any atom is 0.145 e. The van der Waals surface area contributed by atoms with Crippen LogP contribution in [0.1, 0.15) is 7.43 Å². The second kappa shape index (κ2) is 19.3. The first-order chi connectivity index (χ1) is 41.4. The molecule has 408 valence electrons. The van der Waals surface area contributed by atoms with Crippen molar-refractivity contribution < 1.29 is 8.83 Å². The molecule has 0 aliphatic rings. The molecule has 0 fully saturated rings. The van der Waals surface area contributed by atoms with Gasteiger partial charge in [-0.15, -0.1) is 11.3 Å². The van der Waals surface area contributed by atoms with Crippen LogP contribution in [0, 0.1) is 0 Å². The van der Waals surface area contributed by atoms with E-state index >= 15 is 0 Å². The highest BCUT2D eigenvalue weighted by Crippen LogP contribution is 2.44. The number of aromatic nitrogens is 5. The Hall–Kier alpha value is -10.5. The number of benzene rings is 12. The summed E-state index contributed by atoms with van der Waals surface area (Å²) >= 11 is 1.89. The molecule has 0 saturated heterocycles.